The molecule has 2 amide bonds. The van der Waals surface area contributed by atoms with E-state index in [0.29, 0.717) is 19.4 Å². The zero-order valence-corrected chi connectivity index (χ0v) is 16.9. The summed E-state index contributed by atoms with van der Waals surface area (Å²) in [5, 5.41) is 5.96. The number of fused-ring (bicyclic) bond motifs is 1. The number of nitrogens with one attached hydrogen (secondary N) is 2. The number of rotatable bonds is 8. The van der Waals surface area contributed by atoms with Crippen molar-refractivity contribution in [2.24, 2.45) is 0 Å². The molecule has 5 heteroatoms. The van der Waals surface area contributed by atoms with E-state index >= 15 is 0 Å². The number of likely N-dealkylation sites (N-methyl/N-ethyl adjacent to an activating group) is 1. The van der Waals surface area contributed by atoms with E-state index in [1.807, 2.05) is 38.4 Å². The highest BCUT2D eigenvalue weighted by Gasteiger charge is 2.20. The van der Waals surface area contributed by atoms with E-state index in [1.165, 1.54) is 11.1 Å². The Morgan fingerprint density at radius 1 is 1.18 bits per heavy atom. The van der Waals surface area contributed by atoms with Crippen LogP contribution in [0.2, 0.25) is 0 Å². The van der Waals surface area contributed by atoms with Gasteiger partial charge in [-0.1, -0.05) is 49.4 Å². The predicted molar refractivity (Wildman–Crippen MR) is 112 cm³/mol. The Balaban J connectivity index is 1.54. The van der Waals surface area contributed by atoms with Crippen LogP contribution in [0.15, 0.2) is 48.5 Å². The van der Waals surface area contributed by atoms with Crippen LogP contribution in [0.1, 0.15) is 36.0 Å². The Kier molecular flexibility index (Phi) is 6.47. The molecule has 0 spiro atoms. The summed E-state index contributed by atoms with van der Waals surface area (Å²) < 4.78 is 0. The molecule has 0 bridgehead atoms. The third kappa shape index (κ3) is 5.20. The average molecular weight is 380 g/mol. The molecule has 1 unspecified atom stereocenters. The molecule has 148 valence electrons. The molecule has 2 atom stereocenters. The van der Waals surface area contributed by atoms with Gasteiger partial charge in [-0.3, -0.25) is 9.59 Å². The standard InChI is InChI=1S/C23H29N3O2/c1-16(18-7-5-4-6-8-18)11-22(27)24-15-20(26(2)3)13-17-9-10-21-19(12-17)14-23(28)25-21/h4-10,12,16,20H,11,13-15H2,1-3H3,(H,24,27)(H,25,28)/t16?,20-/m0/s1. The van der Waals surface area contributed by atoms with E-state index in [0.717, 1.165) is 17.7 Å². The van der Waals surface area contributed by atoms with Gasteiger partial charge in [0.1, 0.15) is 0 Å². The summed E-state index contributed by atoms with van der Waals surface area (Å²) >= 11 is 0. The number of carbonyl (C=O) groups excluding carboxylic acids is 2. The Labute approximate surface area is 167 Å². The molecule has 28 heavy (non-hydrogen) atoms. The first-order valence-electron chi connectivity index (χ1n) is 9.82. The summed E-state index contributed by atoms with van der Waals surface area (Å²) in [6.45, 7) is 2.68. The van der Waals surface area contributed by atoms with E-state index in [4.69, 9.17) is 0 Å². The number of benzene rings is 2. The third-order valence-electron chi connectivity index (χ3n) is 5.39. The van der Waals surface area contributed by atoms with Crippen molar-refractivity contribution in [1.82, 2.24) is 10.2 Å². The van der Waals surface area contributed by atoms with Gasteiger partial charge < -0.3 is 15.5 Å². The second-order valence-electron chi connectivity index (χ2n) is 7.86. The highest BCUT2D eigenvalue weighted by molar-refractivity contribution is 5.99. The van der Waals surface area contributed by atoms with Gasteiger partial charge in [-0.15, -0.1) is 0 Å². The van der Waals surface area contributed by atoms with Crippen LogP contribution in [-0.2, 0) is 22.4 Å². The molecule has 0 fully saturated rings. The molecule has 1 aliphatic heterocycles. The summed E-state index contributed by atoms with van der Waals surface area (Å²) in [6.07, 6.45) is 1.75. The predicted octanol–water partition coefficient (Wildman–Crippen LogP) is 2.96. The van der Waals surface area contributed by atoms with Gasteiger partial charge >= 0.3 is 0 Å². The Hall–Kier alpha value is -2.66. The van der Waals surface area contributed by atoms with Crippen LogP contribution < -0.4 is 10.6 Å². The van der Waals surface area contributed by atoms with Crippen LogP contribution in [0, 0.1) is 0 Å². The maximum Gasteiger partial charge on any atom is 0.228 e. The molecule has 0 aromatic heterocycles. The van der Waals surface area contributed by atoms with Crippen LogP contribution in [0.3, 0.4) is 0 Å². The topological polar surface area (TPSA) is 61.4 Å². The van der Waals surface area contributed by atoms with Gasteiger partial charge in [0.2, 0.25) is 11.8 Å². The van der Waals surface area contributed by atoms with Crippen LogP contribution in [-0.4, -0.2) is 43.4 Å². The number of anilines is 1. The molecule has 2 aromatic carbocycles. The van der Waals surface area contributed by atoms with Crippen molar-refractivity contribution in [1.29, 1.82) is 0 Å². The second kappa shape index (κ2) is 9.02. The van der Waals surface area contributed by atoms with Crippen LogP contribution in [0.5, 0.6) is 0 Å². The lowest BCUT2D eigenvalue weighted by molar-refractivity contribution is -0.121. The van der Waals surface area contributed by atoms with Crippen molar-refractivity contribution < 1.29 is 9.59 Å². The van der Waals surface area contributed by atoms with Gasteiger partial charge in [0.25, 0.3) is 0 Å². The minimum atomic E-state index is 0.0520. The lowest BCUT2D eigenvalue weighted by Crippen LogP contribution is -2.41. The quantitative estimate of drug-likeness (QED) is 0.741. The number of carbonyl (C=O) groups is 2. The monoisotopic (exact) mass is 379 g/mol. The van der Waals surface area contributed by atoms with Crippen molar-refractivity contribution in [3.63, 3.8) is 0 Å². The third-order valence-corrected chi connectivity index (χ3v) is 5.39. The van der Waals surface area contributed by atoms with Gasteiger partial charge in [0.05, 0.1) is 6.42 Å². The molecular weight excluding hydrogens is 350 g/mol. The minimum Gasteiger partial charge on any atom is -0.355 e. The Morgan fingerprint density at radius 2 is 1.93 bits per heavy atom. The van der Waals surface area contributed by atoms with Crippen molar-refractivity contribution in [3.8, 4) is 0 Å². The van der Waals surface area contributed by atoms with Crippen molar-refractivity contribution >= 4 is 17.5 Å². The van der Waals surface area contributed by atoms with Crippen molar-refractivity contribution in [2.45, 2.75) is 38.1 Å². The average Bonchev–Trinajstić information content (AvgIpc) is 3.04. The summed E-state index contributed by atoms with van der Waals surface area (Å²) in [7, 11) is 4.06. The van der Waals surface area contributed by atoms with Crippen LogP contribution >= 0.6 is 0 Å². The first-order chi connectivity index (χ1) is 13.4. The maximum absolute atomic E-state index is 12.4. The lowest BCUT2D eigenvalue weighted by Gasteiger charge is -2.25. The molecule has 1 heterocycles. The molecule has 0 radical (unpaired) electrons. The first kappa shape index (κ1) is 20.1. The highest BCUT2D eigenvalue weighted by atomic mass is 16.2. The van der Waals surface area contributed by atoms with E-state index in [-0.39, 0.29) is 23.8 Å². The number of amides is 2. The van der Waals surface area contributed by atoms with E-state index in [1.54, 1.807) is 0 Å². The smallest absolute Gasteiger partial charge is 0.228 e. The molecule has 0 aliphatic carbocycles. The zero-order chi connectivity index (χ0) is 20.1. The molecule has 3 rings (SSSR count). The number of nitrogens with zero attached hydrogens (tertiary/aromatic N) is 1. The fourth-order valence-electron chi connectivity index (χ4n) is 3.60. The zero-order valence-electron chi connectivity index (χ0n) is 16.9. The Bertz CT molecular complexity index is 833. The second-order valence-corrected chi connectivity index (χ2v) is 7.86. The normalized spacial score (nSPS) is 15.1. The maximum atomic E-state index is 12.4. The van der Waals surface area contributed by atoms with Gasteiger partial charge in [0.15, 0.2) is 0 Å². The van der Waals surface area contributed by atoms with E-state index < -0.39 is 0 Å². The van der Waals surface area contributed by atoms with E-state index in [2.05, 4.69) is 46.7 Å². The molecule has 2 aromatic rings. The van der Waals surface area contributed by atoms with Crippen LogP contribution in [0.25, 0.3) is 0 Å². The molecule has 5 nitrogen and oxygen atoms in total. The largest absolute Gasteiger partial charge is 0.355 e. The highest BCUT2D eigenvalue weighted by Crippen LogP contribution is 2.24. The molecule has 0 saturated heterocycles. The van der Waals surface area contributed by atoms with Gasteiger partial charge in [-0.25, -0.2) is 0 Å². The fourth-order valence-corrected chi connectivity index (χ4v) is 3.60. The number of hydrogen-bond acceptors (Lipinski definition) is 3. The summed E-state index contributed by atoms with van der Waals surface area (Å²) in [5.41, 5.74) is 4.34. The molecule has 1 aliphatic rings. The molecule has 0 saturated carbocycles. The van der Waals surface area contributed by atoms with Crippen molar-refractivity contribution in [2.75, 3.05) is 26.0 Å². The first-order valence-corrected chi connectivity index (χ1v) is 9.82. The lowest BCUT2D eigenvalue weighted by atomic mass is 9.97. The van der Waals surface area contributed by atoms with Crippen LogP contribution in [0.4, 0.5) is 5.69 Å². The summed E-state index contributed by atoms with van der Waals surface area (Å²) in [5.74, 6) is 0.323. The minimum absolute atomic E-state index is 0.0520. The summed E-state index contributed by atoms with van der Waals surface area (Å²) in [6, 6.07) is 16.5. The molecule has 2 N–H and O–H groups in total. The SMILES string of the molecule is CC(CC(=O)NC[C@H](Cc1ccc2c(c1)CC(=O)N2)N(C)C)c1ccccc1. The van der Waals surface area contributed by atoms with Crippen molar-refractivity contribution in [3.05, 3.63) is 65.2 Å². The van der Waals surface area contributed by atoms with E-state index in [9.17, 15) is 9.59 Å². The fraction of sp³-hybridized carbons (Fsp3) is 0.391. The number of hydrogen-bond donors (Lipinski definition) is 2. The Morgan fingerprint density at radius 3 is 2.64 bits per heavy atom. The van der Waals surface area contributed by atoms with Gasteiger partial charge in [-0.2, -0.15) is 0 Å². The molecular formula is C23H29N3O2. The summed E-state index contributed by atoms with van der Waals surface area (Å²) in [4.78, 5) is 26.1. The van der Waals surface area contributed by atoms with Gasteiger partial charge in [-0.05, 0) is 49.2 Å². The van der Waals surface area contributed by atoms with Gasteiger partial charge in [0, 0.05) is 24.7 Å².